The van der Waals surface area contributed by atoms with Gasteiger partial charge in [0.05, 0.1) is 16.9 Å². The first-order valence-electron chi connectivity index (χ1n) is 11.6. The van der Waals surface area contributed by atoms with Crippen LogP contribution in [-0.2, 0) is 0 Å². The van der Waals surface area contributed by atoms with Gasteiger partial charge in [0, 0.05) is 28.8 Å². The van der Waals surface area contributed by atoms with Crippen molar-refractivity contribution in [1.29, 1.82) is 0 Å². The lowest BCUT2D eigenvalue weighted by molar-refractivity contribution is 0.774. The van der Waals surface area contributed by atoms with Crippen molar-refractivity contribution in [3.8, 4) is 16.8 Å². The van der Waals surface area contributed by atoms with Gasteiger partial charge in [0.2, 0.25) is 0 Å². The zero-order valence-corrected chi connectivity index (χ0v) is 20.5. The maximum atomic E-state index is 14.2. The number of anilines is 1. The Kier molecular flexibility index (Phi) is 5.50. The van der Waals surface area contributed by atoms with E-state index in [9.17, 15) is 4.79 Å². The van der Waals surface area contributed by atoms with Gasteiger partial charge in [0.15, 0.2) is 5.82 Å². The molecule has 36 heavy (non-hydrogen) atoms. The molecule has 0 unspecified atom stereocenters. The van der Waals surface area contributed by atoms with Gasteiger partial charge < -0.3 is 5.32 Å². The first-order chi connectivity index (χ1) is 17.6. The number of rotatable bonds is 5. The van der Waals surface area contributed by atoms with Crippen molar-refractivity contribution >= 4 is 38.3 Å². The highest BCUT2D eigenvalue weighted by molar-refractivity contribution is 7.16. The second-order valence-corrected chi connectivity index (χ2v) is 9.43. The van der Waals surface area contributed by atoms with Crippen molar-refractivity contribution in [2.45, 2.75) is 19.9 Å². The number of hydrogen-bond donors (Lipinski definition) is 1. The smallest absolute Gasteiger partial charge is 0.263 e. The molecule has 4 heterocycles. The fourth-order valence-corrected chi connectivity index (χ4v) is 5.12. The Balaban J connectivity index is 1.57. The number of nitrogens with one attached hydrogen (secondary N) is 1. The van der Waals surface area contributed by atoms with E-state index in [1.165, 1.54) is 17.7 Å². The number of fused-ring (bicyclic) bond motifs is 2. The normalized spacial score (nSPS) is 12.2. The number of hydrogen-bond acceptors (Lipinski definition) is 7. The second-order valence-electron chi connectivity index (χ2n) is 8.60. The quantitative estimate of drug-likeness (QED) is 0.322. The highest BCUT2D eigenvalue weighted by Gasteiger charge is 2.20. The first kappa shape index (κ1) is 22.1. The maximum absolute atomic E-state index is 14.2. The van der Waals surface area contributed by atoms with Gasteiger partial charge in [-0.2, -0.15) is 0 Å². The van der Waals surface area contributed by atoms with Crippen LogP contribution >= 0.6 is 11.3 Å². The molecule has 0 amide bonds. The molecule has 8 heteroatoms. The molecule has 0 saturated carbocycles. The Hall–Kier alpha value is -4.43. The third kappa shape index (κ3) is 3.81. The molecule has 0 bridgehead atoms. The Morgan fingerprint density at radius 3 is 2.61 bits per heavy atom. The zero-order chi connectivity index (χ0) is 24.6. The molecule has 1 N–H and O–H groups in total. The third-order valence-electron chi connectivity index (χ3n) is 6.24. The van der Waals surface area contributed by atoms with E-state index in [-0.39, 0.29) is 11.6 Å². The predicted molar refractivity (Wildman–Crippen MR) is 145 cm³/mol. The van der Waals surface area contributed by atoms with Gasteiger partial charge in [-0.25, -0.2) is 15.0 Å². The summed E-state index contributed by atoms with van der Waals surface area (Å²) >= 11 is 1.47. The average molecular weight is 491 g/mol. The number of nitrogens with zero attached hydrogens (tertiary/aromatic N) is 5. The molecule has 0 aliphatic rings. The van der Waals surface area contributed by atoms with Crippen molar-refractivity contribution in [2.75, 3.05) is 5.32 Å². The third-order valence-corrected chi connectivity index (χ3v) is 6.98. The zero-order valence-electron chi connectivity index (χ0n) is 19.7. The van der Waals surface area contributed by atoms with Crippen LogP contribution in [0.4, 0.5) is 5.82 Å². The lowest BCUT2D eigenvalue weighted by atomic mass is 9.98. The van der Waals surface area contributed by atoms with Crippen LogP contribution in [0.1, 0.15) is 24.4 Å². The second kappa shape index (κ2) is 8.98. The highest BCUT2D eigenvalue weighted by atomic mass is 32.1. The maximum Gasteiger partial charge on any atom is 0.263 e. The minimum absolute atomic E-state index is 0.0833. The number of aromatic nitrogens is 5. The molecule has 7 nitrogen and oxygen atoms in total. The van der Waals surface area contributed by atoms with Gasteiger partial charge in [0.1, 0.15) is 16.7 Å². The monoisotopic (exact) mass is 490 g/mol. The summed E-state index contributed by atoms with van der Waals surface area (Å²) < 4.78 is 1.78. The minimum Gasteiger partial charge on any atom is -0.360 e. The van der Waals surface area contributed by atoms with E-state index in [2.05, 4.69) is 31.3 Å². The highest BCUT2D eigenvalue weighted by Crippen LogP contribution is 2.31. The van der Waals surface area contributed by atoms with Crippen LogP contribution in [0.5, 0.6) is 0 Å². The summed E-state index contributed by atoms with van der Waals surface area (Å²) in [6.45, 7) is 3.97. The molecule has 1 atom stereocenters. The molecule has 176 valence electrons. The number of pyridine rings is 2. The molecule has 2 aromatic carbocycles. The Labute approximate surface area is 211 Å². The van der Waals surface area contributed by atoms with Gasteiger partial charge in [-0.1, -0.05) is 42.5 Å². The summed E-state index contributed by atoms with van der Waals surface area (Å²) in [7, 11) is 0. The Morgan fingerprint density at radius 2 is 1.81 bits per heavy atom. The first-order valence-corrected chi connectivity index (χ1v) is 12.5. The lowest BCUT2D eigenvalue weighted by Crippen LogP contribution is -2.26. The van der Waals surface area contributed by atoms with E-state index in [1.54, 1.807) is 10.1 Å². The van der Waals surface area contributed by atoms with Gasteiger partial charge in [0.25, 0.3) is 5.56 Å². The number of para-hydroxylation sites is 1. The van der Waals surface area contributed by atoms with Crippen LogP contribution in [0.25, 0.3) is 37.9 Å². The van der Waals surface area contributed by atoms with Crippen molar-refractivity contribution in [2.24, 2.45) is 0 Å². The molecule has 0 fully saturated rings. The van der Waals surface area contributed by atoms with Crippen LogP contribution in [0.2, 0.25) is 0 Å². The van der Waals surface area contributed by atoms with E-state index >= 15 is 0 Å². The summed E-state index contributed by atoms with van der Waals surface area (Å²) in [5.41, 5.74) is 6.72. The minimum atomic E-state index is -0.244. The molecule has 0 spiro atoms. The van der Waals surface area contributed by atoms with Crippen molar-refractivity contribution in [1.82, 2.24) is 24.5 Å². The van der Waals surface area contributed by atoms with Gasteiger partial charge in [-0.3, -0.25) is 14.3 Å². The van der Waals surface area contributed by atoms with Crippen molar-refractivity contribution in [3.63, 3.8) is 0 Å². The van der Waals surface area contributed by atoms with Crippen LogP contribution in [0.3, 0.4) is 0 Å². The SMILES string of the molecule is Cc1ccc(-c2cccc3cc([C@H](C)Nc4ncnc5scnc45)n(-c4ccccc4)c(=O)c23)cn1. The summed E-state index contributed by atoms with van der Waals surface area (Å²) in [6.07, 6.45) is 3.35. The van der Waals surface area contributed by atoms with Crippen LogP contribution < -0.4 is 10.9 Å². The van der Waals surface area contributed by atoms with E-state index in [1.807, 2.05) is 80.7 Å². The van der Waals surface area contributed by atoms with Crippen LogP contribution in [-0.4, -0.2) is 24.5 Å². The summed E-state index contributed by atoms with van der Waals surface area (Å²) in [6, 6.07) is 21.5. The molecule has 0 aliphatic carbocycles. The number of benzene rings is 2. The number of aryl methyl sites for hydroxylation is 1. The van der Waals surface area contributed by atoms with E-state index in [0.717, 1.165) is 43.9 Å². The summed E-state index contributed by atoms with van der Waals surface area (Å²) in [5.74, 6) is 0.639. The molecular formula is C28H22N6OS. The van der Waals surface area contributed by atoms with Crippen LogP contribution in [0.15, 0.2) is 89.6 Å². The lowest BCUT2D eigenvalue weighted by Gasteiger charge is -2.22. The Morgan fingerprint density at radius 1 is 0.944 bits per heavy atom. The topological polar surface area (TPSA) is 85.6 Å². The molecule has 4 aromatic heterocycles. The van der Waals surface area contributed by atoms with Gasteiger partial charge in [-0.05, 0) is 49.1 Å². The fourth-order valence-electron chi connectivity index (χ4n) is 4.49. The molecule has 0 saturated heterocycles. The fraction of sp³-hybridized carbons (Fsp3) is 0.107. The average Bonchev–Trinajstić information content (AvgIpc) is 3.39. The van der Waals surface area contributed by atoms with Crippen molar-refractivity contribution in [3.05, 3.63) is 107 Å². The van der Waals surface area contributed by atoms with Gasteiger partial charge in [-0.15, -0.1) is 11.3 Å². The summed E-state index contributed by atoms with van der Waals surface area (Å²) in [4.78, 5) is 32.6. The van der Waals surface area contributed by atoms with Crippen LogP contribution in [0, 0.1) is 6.92 Å². The molecule has 6 rings (SSSR count). The van der Waals surface area contributed by atoms with Gasteiger partial charge >= 0.3 is 0 Å². The van der Waals surface area contributed by atoms with E-state index in [4.69, 9.17) is 0 Å². The largest absolute Gasteiger partial charge is 0.360 e. The molecular weight excluding hydrogens is 468 g/mol. The summed E-state index contributed by atoms with van der Waals surface area (Å²) in [5, 5.41) is 5.00. The standard InChI is InChI=1S/C28H22N6OS/c1-17-11-12-20(14-29-17)22-10-6-7-19-13-23(34(28(35)24(19)22)21-8-4-3-5-9-21)18(2)33-26-25-27(31-15-30-26)36-16-32-25/h3-16,18H,1-2H3,(H,30,31,33)/t18-/m0/s1. The van der Waals surface area contributed by atoms with E-state index in [0.29, 0.717) is 11.2 Å². The number of thiazole rings is 1. The Bertz CT molecular complexity index is 1760. The predicted octanol–water partition coefficient (Wildman–Crippen LogP) is 5.93. The molecule has 0 aliphatic heterocycles. The molecule has 0 radical (unpaired) electrons. The molecule has 6 aromatic rings. The van der Waals surface area contributed by atoms with Crippen molar-refractivity contribution < 1.29 is 0 Å². The van der Waals surface area contributed by atoms with E-state index < -0.39 is 0 Å².